The molecule has 2 rings (SSSR count). The van der Waals surface area contributed by atoms with Gasteiger partial charge in [0.15, 0.2) is 6.29 Å². The van der Waals surface area contributed by atoms with Gasteiger partial charge < -0.3 is 39.3 Å². The van der Waals surface area contributed by atoms with Crippen LogP contribution in [0.4, 0.5) is 0 Å². The molecule has 2 fully saturated rings. The van der Waals surface area contributed by atoms with Crippen LogP contribution in [0.25, 0.3) is 0 Å². The third kappa shape index (κ3) is 8.42. The van der Waals surface area contributed by atoms with Gasteiger partial charge in [0.05, 0.1) is 35.5 Å². The molecule has 10 heteroatoms. The minimum Gasteiger partial charge on any atom is -0.459 e. The van der Waals surface area contributed by atoms with Crippen LogP contribution in [0.3, 0.4) is 0 Å². The van der Waals surface area contributed by atoms with E-state index in [1.807, 2.05) is 48.7 Å². The number of hydrogen-bond donors (Lipinski definition) is 3. The Labute approximate surface area is 247 Å². The van der Waals surface area contributed by atoms with Crippen LogP contribution >= 0.6 is 0 Å². The molecule has 0 aromatic heterocycles. The summed E-state index contributed by atoms with van der Waals surface area (Å²) in [4.78, 5) is 20.8. The standard InChI is InChI=1S/C31H58N2O8/c1-13-24-31(9,37)27(34)22(7)26(32-38-12)17(2)16-30(8,36)28(20(5)19(4)21(6)29(35)40-24)41-25-15-23(33(10)11)14-18(3)39-25/h17-25,27-28,34,36-37H,13-16H2,1-12H3/b32-26+/t17-,18-,19?,20+,21-,22+,23+,24-,25+,27-,28-,30-,31-/m1/s1. The summed E-state index contributed by atoms with van der Waals surface area (Å²) in [7, 11) is 5.52. The lowest BCUT2D eigenvalue weighted by Crippen LogP contribution is -2.57. The maximum absolute atomic E-state index is 13.4. The smallest absolute Gasteiger partial charge is 0.309 e. The van der Waals surface area contributed by atoms with Gasteiger partial charge in [-0.05, 0) is 66.0 Å². The Morgan fingerprint density at radius 3 is 2.17 bits per heavy atom. The molecule has 0 spiro atoms. The number of aliphatic hydroxyl groups excluding tert-OH is 1. The topological polar surface area (TPSA) is 130 Å². The first-order valence-electron chi connectivity index (χ1n) is 15.3. The second-order valence-electron chi connectivity index (χ2n) is 13.5. The highest BCUT2D eigenvalue weighted by atomic mass is 16.7. The predicted molar refractivity (Wildman–Crippen MR) is 158 cm³/mol. The number of carbonyl (C=O) groups is 1. The summed E-state index contributed by atoms with van der Waals surface area (Å²) in [5, 5.41) is 39.2. The van der Waals surface area contributed by atoms with Gasteiger partial charge in [0.25, 0.3) is 0 Å². The van der Waals surface area contributed by atoms with Crippen LogP contribution < -0.4 is 0 Å². The maximum Gasteiger partial charge on any atom is 0.309 e. The second kappa shape index (κ2) is 14.4. The molecule has 13 atom stereocenters. The Kier molecular flexibility index (Phi) is 12.6. The van der Waals surface area contributed by atoms with Crippen molar-refractivity contribution in [2.45, 2.75) is 136 Å². The van der Waals surface area contributed by atoms with Gasteiger partial charge in [-0.3, -0.25) is 4.79 Å². The number of carbonyl (C=O) groups excluding carboxylic acids is 1. The van der Waals surface area contributed by atoms with Crippen LogP contribution in [0.2, 0.25) is 0 Å². The Bertz CT molecular complexity index is 878. The molecule has 10 nitrogen and oxygen atoms in total. The summed E-state index contributed by atoms with van der Waals surface area (Å²) in [5.41, 5.74) is -2.63. The summed E-state index contributed by atoms with van der Waals surface area (Å²) in [6.45, 7) is 16.5. The summed E-state index contributed by atoms with van der Waals surface area (Å²) >= 11 is 0. The number of cyclic esters (lactones) is 1. The number of hydrogen-bond acceptors (Lipinski definition) is 10. The molecular weight excluding hydrogens is 528 g/mol. The van der Waals surface area contributed by atoms with Crippen LogP contribution in [0.15, 0.2) is 5.16 Å². The quantitative estimate of drug-likeness (QED) is 0.327. The molecule has 0 radical (unpaired) electrons. The normalized spacial score (nSPS) is 46.7. The fourth-order valence-electron chi connectivity index (χ4n) is 6.82. The largest absolute Gasteiger partial charge is 0.459 e. The van der Waals surface area contributed by atoms with Crippen molar-refractivity contribution in [3.8, 4) is 0 Å². The lowest BCUT2D eigenvalue weighted by atomic mass is 9.72. The van der Waals surface area contributed by atoms with Gasteiger partial charge in [0, 0.05) is 24.3 Å². The summed E-state index contributed by atoms with van der Waals surface area (Å²) < 4.78 is 18.8. The van der Waals surface area contributed by atoms with Gasteiger partial charge in [-0.15, -0.1) is 0 Å². The first-order chi connectivity index (χ1) is 18.9. The first kappa shape index (κ1) is 35.9. The fourth-order valence-corrected chi connectivity index (χ4v) is 6.82. The minimum atomic E-state index is -1.75. The van der Waals surface area contributed by atoms with Gasteiger partial charge in [-0.1, -0.05) is 46.7 Å². The Morgan fingerprint density at radius 2 is 1.63 bits per heavy atom. The van der Waals surface area contributed by atoms with E-state index in [0.717, 1.165) is 6.42 Å². The zero-order valence-electron chi connectivity index (χ0n) is 27.5. The monoisotopic (exact) mass is 586 g/mol. The van der Waals surface area contributed by atoms with Gasteiger partial charge >= 0.3 is 5.97 Å². The zero-order chi connectivity index (χ0) is 31.4. The van der Waals surface area contributed by atoms with Crippen LogP contribution in [0.1, 0.15) is 88.0 Å². The van der Waals surface area contributed by atoms with Crippen molar-refractivity contribution in [3.63, 3.8) is 0 Å². The van der Waals surface area contributed by atoms with Crippen molar-refractivity contribution in [2.24, 2.45) is 34.7 Å². The highest BCUT2D eigenvalue weighted by molar-refractivity contribution is 5.88. The minimum absolute atomic E-state index is 0.00768. The van der Waals surface area contributed by atoms with E-state index < -0.39 is 53.6 Å². The molecule has 3 N–H and O–H groups in total. The molecule has 0 bridgehead atoms. The van der Waals surface area contributed by atoms with Crippen molar-refractivity contribution in [2.75, 3.05) is 21.2 Å². The van der Waals surface area contributed by atoms with Crippen molar-refractivity contribution < 1.29 is 39.2 Å². The van der Waals surface area contributed by atoms with Gasteiger partial charge in [0.2, 0.25) is 0 Å². The molecule has 2 aliphatic heterocycles. The Hall–Kier alpha value is -1.30. The molecular formula is C31H58N2O8. The van der Waals surface area contributed by atoms with E-state index in [1.165, 1.54) is 14.0 Å². The Morgan fingerprint density at radius 1 is 1.02 bits per heavy atom. The van der Waals surface area contributed by atoms with E-state index in [1.54, 1.807) is 20.8 Å². The molecule has 0 saturated carbocycles. The predicted octanol–water partition coefficient (Wildman–Crippen LogP) is 3.60. The molecule has 240 valence electrons. The van der Waals surface area contributed by atoms with E-state index in [-0.39, 0.29) is 36.3 Å². The summed E-state index contributed by atoms with van der Waals surface area (Å²) in [5.74, 6) is -2.56. The summed E-state index contributed by atoms with van der Waals surface area (Å²) in [6, 6.07) is 0.273. The van der Waals surface area contributed by atoms with E-state index in [2.05, 4.69) is 10.1 Å². The highest BCUT2D eigenvalue weighted by Gasteiger charge is 2.49. The lowest BCUT2D eigenvalue weighted by molar-refractivity contribution is -0.264. The molecule has 0 aliphatic carbocycles. The third-order valence-electron chi connectivity index (χ3n) is 9.80. The van der Waals surface area contributed by atoms with Crippen molar-refractivity contribution in [3.05, 3.63) is 0 Å². The molecule has 2 heterocycles. The molecule has 41 heavy (non-hydrogen) atoms. The van der Waals surface area contributed by atoms with Crippen molar-refractivity contribution >= 4 is 11.7 Å². The van der Waals surface area contributed by atoms with Crippen LogP contribution in [0, 0.1) is 29.6 Å². The van der Waals surface area contributed by atoms with E-state index in [4.69, 9.17) is 19.0 Å². The van der Waals surface area contributed by atoms with E-state index >= 15 is 0 Å². The van der Waals surface area contributed by atoms with Crippen molar-refractivity contribution in [1.82, 2.24) is 4.90 Å². The Balaban J connectivity index is 2.59. The number of rotatable bonds is 5. The molecule has 0 aromatic carbocycles. The third-order valence-corrected chi connectivity index (χ3v) is 9.80. The molecule has 0 aromatic rings. The highest BCUT2D eigenvalue weighted by Crippen LogP contribution is 2.39. The van der Waals surface area contributed by atoms with E-state index in [9.17, 15) is 20.1 Å². The first-order valence-corrected chi connectivity index (χ1v) is 15.3. The fraction of sp³-hybridized carbons (Fsp3) is 0.935. The number of aliphatic hydroxyl groups is 3. The second-order valence-corrected chi connectivity index (χ2v) is 13.5. The average Bonchev–Trinajstić information content (AvgIpc) is 2.89. The lowest BCUT2D eigenvalue weighted by Gasteiger charge is -2.46. The molecule has 1 unspecified atom stereocenters. The van der Waals surface area contributed by atoms with Crippen molar-refractivity contribution in [1.29, 1.82) is 0 Å². The van der Waals surface area contributed by atoms with Gasteiger partial charge in [-0.25, -0.2) is 0 Å². The van der Waals surface area contributed by atoms with Crippen LogP contribution in [-0.4, -0.2) is 101 Å². The number of oxime groups is 1. The van der Waals surface area contributed by atoms with Gasteiger partial charge in [-0.2, -0.15) is 0 Å². The number of esters is 1. The van der Waals surface area contributed by atoms with Crippen LogP contribution in [-0.2, 0) is 23.8 Å². The molecule has 2 aliphatic rings. The van der Waals surface area contributed by atoms with Crippen LogP contribution in [0.5, 0.6) is 0 Å². The van der Waals surface area contributed by atoms with Gasteiger partial charge in [0.1, 0.15) is 18.8 Å². The average molecular weight is 587 g/mol. The molecule has 2 saturated heterocycles. The zero-order valence-corrected chi connectivity index (χ0v) is 27.5. The van der Waals surface area contributed by atoms with E-state index in [0.29, 0.717) is 18.6 Å². The number of nitrogens with zero attached hydrogens (tertiary/aromatic N) is 2. The number of ether oxygens (including phenoxy) is 3. The maximum atomic E-state index is 13.4. The molecule has 0 amide bonds. The summed E-state index contributed by atoms with van der Waals surface area (Å²) in [6.07, 6.45) is -1.37. The SMILES string of the molecule is CC[C@H]1OC(=O)[C@H](C)C(C)[C@H](C)[C@@H](O[C@H]2C[C@@H](N(C)C)C[C@@H](C)O2)[C@](C)(O)C[C@@H](C)/C(=N\OC)[C@H](C)[C@@H](O)[C@]1(C)O.